The summed E-state index contributed by atoms with van der Waals surface area (Å²) >= 11 is 1.77. The number of benzene rings is 1. The number of aryl methyl sites for hydroxylation is 3. The van der Waals surface area contributed by atoms with Gasteiger partial charge in [0.25, 0.3) is 0 Å². The third-order valence-electron chi connectivity index (χ3n) is 4.93. The zero-order chi connectivity index (χ0) is 19.1. The van der Waals surface area contributed by atoms with Crippen LogP contribution in [0, 0.1) is 13.8 Å². The van der Waals surface area contributed by atoms with E-state index in [0.29, 0.717) is 6.04 Å². The van der Waals surface area contributed by atoms with Crippen LogP contribution in [0.2, 0.25) is 0 Å². The number of aromatic nitrogens is 1. The maximum absolute atomic E-state index is 4.52. The van der Waals surface area contributed by atoms with Gasteiger partial charge in [-0.1, -0.05) is 17.7 Å². The topological polar surface area (TPSA) is 52.6 Å². The van der Waals surface area contributed by atoms with Crippen LogP contribution in [0.4, 0.5) is 5.69 Å². The lowest BCUT2D eigenvalue weighted by Crippen LogP contribution is -2.44. The zero-order valence-corrected chi connectivity index (χ0v) is 17.5. The molecule has 1 saturated heterocycles. The summed E-state index contributed by atoms with van der Waals surface area (Å²) in [5.74, 6) is 0.913. The van der Waals surface area contributed by atoms with Gasteiger partial charge in [-0.3, -0.25) is 4.99 Å². The summed E-state index contributed by atoms with van der Waals surface area (Å²) in [4.78, 5) is 11.4. The highest BCUT2D eigenvalue weighted by molar-refractivity contribution is 7.09. The quantitative estimate of drug-likeness (QED) is 0.435. The van der Waals surface area contributed by atoms with Gasteiger partial charge in [0.1, 0.15) is 0 Å². The van der Waals surface area contributed by atoms with Gasteiger partial charge in [0.05, 0.1) is 5.01 Å². The van der Waals surface area contributed by atoms with Gasteiger partial charge < -0.3 is 15.5 Å². The van der Waals surface area contributed by atoms with Gasteiger partial charge in [-0.15, -0.1) is 11.3 Å². The molecule has 0 bridgehead atoms. The molecule has 2 aromatic rings. The summed E-state index contributed by atoms with van der Waals surface area (Å²) in [5.41, 5.74) is 3.75. The Labute approximate surface area is 166 Å². The maximum atomic E-state index is 4.52. The average molecular weight is 386 g/mol. The molecule has 1 aliphatic heterocycles. The van der Waals surface area contributed by atoms with Gasteiger partial charge in [0.2, 0.25) is 0 Å². The Morgan fingerprint density at radius 3 is 2.78 bits per heavy atom. The summed E-state index contributed by atoms with van der Waals surface area (Å²) in [5, 5.41) is 10.4. The molecule has 1 unspecified atom stereocenters. The van der Waals surface area contributed by atoms with Crippen LogP contribution in [0.3, 0.4) is 0 Å². The molecule has 6 heteroatoms. The molecule has 0 radical (unpaired) electrons. The molecule has 0 spiro atoms. The summed E-state index contributed by atoms with van der Waals surface area (Å²) in [7, 11) is 1.85. The molecule has 0 amide bonds. The summed E-state index contributed by atoms with van der Waals surface area (Å²) < 4.78 is 0. The van der Waals surface area contributed by atoms with Crippen molar-refractivity contribution in [3.63, 3.8) is 0 Å². The van der Waals surface area contributed by atoms with Crippen LogP contribution in [0.25, 0.3) is 0 Å². The minimum atomic E-state index is 0.441. The standard InChI is InChI=1S/C21H31N5S/c1-16-7-9-19(10-8-16)26-13-11-18(14-26)25-21(22-3)23-12-5-4-6-20-24-17(2)15-27-20/h7-10,15,18H,4-6,11-14H2,1-3H3,(H2,22,23,25). The van der Waals surface area contributed by atoms with Crippen molar-refractivity contribution in [2.75, 3.05) is 31.6 Å². The zero-order valence-electron chi connectivity index (χ0n) is 16.7. The van der Waals surface area contributed by atoms with Crippen molar-refractivity contribution in [3.8, 4) is 0 Å². The van der Waals surface area contributed by atoms with Gasteiger partial charge in [-0.05, 0) is 51.7 Å². The highest BCUT2D eigenvalue weighted by Crippen LogP contribution is 2.20. The van der Waals surface area contributed by atoms with Crippen molar-refractivity contribution in [2.24, 2.45) is 4.99 Å². The fourth-order valence-corrected chi connectivity index (χ4v) is 4.20. The van der Waals surface area contributed by atoms with Crippen molar-refractivity contribution in [3.05, 3.63) is 45.9 Å². The molecule has 0 aliphatic carbocycles. The number of hydrogen-bond donors (Lipinski definition) is 2. The molecule has 2 heterocycles. The largest absolute Gasteiger partial charge is 0.369 e. The molecule has 1 aromatic heterocycles. The summed E-state index contributed by atoms with van der Waals surface area (Å²) in [6.45, 7) is 7.24. The third kappa shape index (κ3) is 5.96. The van der Waals surface area contributed by atoms with E-state index in [4.69, 9.17) is 0 Å². The number of nitrogens with zero attached hydrogens (tertiary/aromatic N) is 3. The first-order valence-electron chi connectivity index (χ1n) is 9.84. The van der Waals surface area contributed by atoms with E-state index in [9.17, 15) is 0 Å². The predicted octanol–water partition coefficient (Wildman–Crippen LogP) is 3.53. The van der Waals surface area contributed by atoms with E-state index >= 15 is 0 Å². The van der Waals surface area contributed by atoms with Gasteiger partial charge in [0.15, 0.2) is 5.96 Å². The van der Waals surface area contributed by atoms with Crippen LogP contribution in [-0.4, -0.2) is 43.7 Å². The number of unbranched alkanes of at least 4 members (excludes halogenated alkanes) is 1. The molecular weight excluding hydrogens is 354 g/mol. The first-order chi connectivity index (χ1) is 13.1. The van der Waals surface area contributed by atoms with Crippen molar-refractivity contribution in [2.45, 2.75) is 45.6 Å². The van der Waals surface area contributed by atoms with Crippen LogP contribution in [0.15, 0.2) is 34.6 Å². The number of anilines is 1. The van der Waals surface area contributed by atoms with Crippen molar-refractivity contribution >= 4 is 23.0 Å². The van der Waals surface area contributed by atoms with E-state index < -0.39 is 0 Å². The second-order valence-electron chi connectivity index (χ2n) is 7.25. The Hall–Kier alpha value is -2.08. The highest BCUT2D eigenvalue weighted by atomic mass is 32.1. The van der Waals surface area contributed by atoms with E-state index in [0.717, 1.165) is 57.0 Å². The van der Waals surface area contributed by atoms with Crippen LogP contribution < -0.4 is 15.5 Å². The van der Waals surface area contributed by atoms with E-state index in [1.165, 1.54) is 16.3 Å². The molecule has 1 aromatic carbocycles. The lowest BCUT2D eigenvalue weighted by atomic mass is 10.2. The molecule has 2 N–H and O–H groups in total. The van der Waals surface area contributed by atoms with Gasteiger partial charge in [-0.25, -0.2) is 4.98 Å². The van der Waals surface area contributed by atoms with E-state index in [2.05, 4.69) is 69.0 Å². The van der Waals surface area contributed by atoms with E-state index in [1.807, 2.05) is 7.05 Å². The summed E-state index contributed by atoms with van der Waals surface area (Å²) in [6.07, 6.45) is 4.49. The lowest BCUT2D eigenvalue weighted by Gasteiger charge is -2.20. The first kappa shape index (κ1) is 19.7. The number of rotatable bonds is 7. The number of thiazole rings is 1. The Bertz CT molecular complexity index is 737. The molecule has 1 aliphatic rings. The molecular formula is C21H31N5S. The normalized spacial score (nSPS) is 17.4. The molecule has 1 fully saturated rings. The van der Waals surface area contributed by atoms with Crippen molar-refractivity contribution < 1.29 is 0 Å². The van der Waals surface area contributed by atoms with Crippen molar-refractivity contribution in [1.82, 2.24) is 15.6 Å². The molecule has 3 rings (SSSR count). The van der Waals surface area contributed by atoms with Crippen molar-refractivity contribution in [1.29, 1.82) is 0 Å². The molecule has 5 nitrogen and oxygen atoms in total. The first-order valence-corrected chi connectivity index (χ1v) is 10.7. The van der Waals surface area contributed by atoms with E-state index in [-0.39, 0.29) is 0 Å². The van der Waals surface area contributed by atoms with Gasteiger partial charge >= 0.3 is 0 Å². The smallest absolute Gasteiger partial charge is 0.191 e. The fraction of sp³-hybridized carbons (Fsp3) is 0.524. The van der Waals surface area contributed by atoms with Crippen LogP contribution in [-0.2, 0) is 6.42 Å². The monoisotopic (exact) mass is 385 g/mol. The van der Waals surface area contributed by atoms with Crippen LogP contribution >= 0.6 is 11.3 Å². The van der Waals surface area contributed by atoms with Gasteiger partial charge in [-0.2, -0.15) is 0 Å². The van der Waals surface area contributed by atoms with Crippen LogP contribution in [0.5, 0.6) is 0 Å². The SMILES string of the molecule is CN=C(NCCCCc1nc(C)cs1)NC1CCN(c2ccc(C)cc2)C1. The number of guanidine groups is 1. The predicted molar refractivity (Wildman–Crippen MR) is 116 cm³/mol. The minimum Gasteiger partial charge on any atom is -0.369 e. The van der Waals surface area contributed by atoms with Gasteiger partial charge in [0, 0.05) is 49.5 Å². The minimum absolute atomic E-state index is 0.441. The number of nitrogens with one attached hydrogen (secondary N) is 2. The fourth-order valence-electron chi connectivity index (χ4n) is 3.38. The number of aliphatic imine (C=N–C) groups is 1. The summed E-state index contributed by atoms with van der Waals surface area (Å²) in [6, 6.07) is 9.24. The Kier molecular flexibility index (Phi) is 7.10. The lowest BCUT2D eigenvalue weighted by molar-refractivity contribution is 0.636. The number of hydrogen-bond acceptors (Lipinski definition) is 4. The second-order valence-corrected chi connectivity index (χ2v) is 8.19. The second kappa shape index (κ2) is 9.74. The van der Waals surface area contributed by atoms with Crippen LogP contribution in [0.1, 0.15) is 35.5 Å². The Balaban J connectivity index is 1.35. The Morgan fingerprint density at radius 1 is 1.26 bits per heavy atom. The third-order valence-corrected chi connectivity index (χ3v) is 5.95. The highest BCUT2D eigenvalue weighted by Gasteiger charge is 2.23. The average Bonchev–Trinajstić information content (AvgIpc) is 3.30. The molecule has 0 saturated carbocycles. The molecule has 146 valence electrons. The maximum Gasteiger partial charge on any atom is 0.191 e. The van der Waals surface area contributed by atoms with E-state index in [1.54, 1.807) is 11.3 Å². The molecule has 27 heavy (non-hydrogen) atoms. The Morgan fingerprint density at radius 2 is 2.07 bits per heavy atom. The molecule has 1 atom stereocenters.